The standard InChI is InChI=1S/C22H31N3O3/c1-16-6-7-20-19(14-16)25(15-17(2)28-20)22(27)24-12-8-18(9-13-24)21(26)23-10-4-3-5-11-23/h6-7,14,17-18H,3-5,8-13,15H2,1-2H3. The van der Waals surface area contributed by atoms with Crippen LogP contribution in [0.25, 0.3) is 0 Å². The van der Waals surface area contributed by atoms with Gasteiger partial charge in [-0.2, -0.15) is 0 Å². The molecule has 0 bridgehead atoms. The fourth-order valence-corrected chi connectivity index (χ4v) is 4.59. The Hall–Kier alpha value is -2.24. The average Bonchev–Trinajstić information content (AvgIpc) is 2.73. The minimum atomic E-state index is -0.0302. The maximum Gasteiger partial charge on any atom is 0.324 e. The number of nitrogens with zero attached hydrogens (tertiary/aromatic N) is 3. The van der Waals surface area contributed by atoms with Crippen LogP contribution in [-0.4, -0.2) is 60.6 Å². The molecule has 6 nitrogen and oxygen atoms in total. The van der Waals surface area contributed by atoms with Crippen LogP contribution in [0.1, 0.15) is 44.6 Å². The topological polar surface area (TPSA) is 53.1 Å². The van der Waals surface area contributed by atoms with Crippen molar-refractivity contribution in [2.45, 2.75) is 52.1 Å². The zero-order valence-corrected chi connectivity index (χ0v) is 17.0. The molecule has 0 aromatic heterocycles. The first-order valence-corrected chi connectivity index (χ1v) is 10.7. The highest BCUT2D eigenvalue weighted by molar-refractivity contribution is 5.94. The Morgan fingerprint density at radius 2 is 1.71 bits per heavy atom. The number of rotatable bonds is 1. The van der Waals surface area contributed by atoms with E-state index in [1.807, 2.05) is 46.7 Å². The van der Waals surface area contributed by atoms with E-state index in [-0.39, 0.29) is 18.1 Å². The molecule has 1 unspecified atom stereocenters. The Labute approximate surface area is 167 Å². The van der Waals surface area contributed by atoms with Crippen LogP contribution < -0.4 is 9.64 Å². The molecule has 4 rings (SSSR count). The number of piperidine rings is 2. The number of anilines is 1. The lowest BCUT2D eigenvalue weighted by atomic mass is 9.94. The van der Waals surface area contributed by atoms with Crippen molar-refractivity contribution in [1.82, 2.24) is 9.80 Å². The summed E-state index contributed by atoms with van der Waals surface area (Å²) in [5.41, 5.74) is 1.97. The van der Waals surface area contributed by atoms with Crippen molar-refractivity contribution in [3.63, 3.8) is 0 Å². The number of hydrogen-bond donors (Lipinski definition) is 0. The van der Waals surface area contributed by atoms with Gasteiger partial charge in [-0.05, 0) is 63.6 Å². The fraction of sp³-hybridized carbons (Fsp3) is 0.636. The van der Waals surface area contributed by atoms with Gasteiger partial charge in [0.05, 0.1) is 12.2 Å². The summed E-state index contributed by atoms with van der Waals surface area (Å²) in [5.74, 6) is 1.14. The smallest absolute Gasteiger partial charge is 0.324 e. The number of carbonyl (C=O) groups excluding carboxylic acids is 2. The molecule has 0 spiro atoms. The zero-order valence-electron chi connectivity index (χ0n) is 17.0. The van der Waals surface area contributed by atoms with Crippen LogP contribution in [0, 0.1) is 12.8 Å². The van der Waals surface area contributed by atoms with Crippen molar-refractivity contribution in [3.8, 4) is 5.75 Å². The highest BCUT2D eigenvalue weighted by atomic mass is 16.5. The second-order valence-electron chi connectivity index (χ2n) is 8.44. The molecule has 3 amide bonds. The van der Waals surface area contributed by atoms with Gasteiger partial charge in [-0.1, -0.05) is 6.07 Å². The molecule has 1 atom stereocenters. The van der Waals surface area contributed by atoms with E-state index in [1.165, 1.54) is 6.42 Å². The molecule has 0 saturated carbocycles. The van der Waals surface area contributed by atoms with Crippen molar-refractivity contribution < 1.29 is 14.3 Å². The minimum Gasteiger partial charge on any atom is -0.487 e. The van der Waals surface area contributed by atoms with Crippen molar-refractivity contribution in [1.29, 1.82) is 0 Å². The predicted octanol–water partition coefficient (Wildman–Crippen LogP) is 3.43. The summed E-state index contributed by atoms with van der Waals surface area (Å²) in [5, 5.41) is 0. The molecule has 3 aliphatic rings. The molecule has 1 aromatic carbocycles. The van der Waals surface area contributed by atoms with E-state index in [2.05, 4.69) is 0 Å². The van der Waals surface area contributed by atoms with Gasteiger partial charge in [-0.15, -0.1) is 0 Å². The fourth-order valence-electron chi connectivity index (χ4n) is 4.59. The van der Waals surface area contributed by atoms with Crippen molar-refractivity contribution in [3.05, 3.63) is 23.8 Å². The molecule has 0 radical (unpaired) electrons. The van der Waals surface area contributed by atoms with Crippen LogP contribution in [0.3, 0.4) is 0 Å². The lowest BCUT2D eigenvalue weighted by Crippen LogP contribution is -2.52. The Bertz CT molecular complexity index is 737. The summed E-state index contributed by atoms with van der Waals surface area (Å²) >= 11 is 0. The molecular weight excluding hydrogens is 354 g/mol. The number of amides is 3. The summed E-state index contributed by atoms with van der Waals surface area (Å²) < 4.78 is 5.91. The molecule has 6 heteroatoms. The van der Waals surface area contributed by atoms with Gasteiger partial charge in [0.15, 0.2) is 0 Å². The third kappa shape index (κ3) is 3.82. The average molecular weight is 386 g/mol. The van der Waals surface area contributed by atoms with Gasteiger partial charge in [-0.3, -0.25) is 9.69 Å². The lowest BCUT2D eigenvalue weighted by Gasteiger charge is -2.40. The van der Waals surface area contributed by atoms with E-state index in [9.17, 15) is 9.59 Å². The molecule has 152 valence electrons. The Morgan fingerprint density at radius 3 is 2.43 bits per heavy atom. The third-order valence-corrected chi connectivity index (χ3v) is 6.19. The van der Waals surface area contributed by atoms with Crippen molar-refractivity contribution in [2.24, 2.45) is 5.92 Å². The number of carbonyl (C=O) groups is 2. The van der Waals surface area contributed by atoms with Gasteiger partial charge in [0.2, 0.25) is 5.91 Å². The minimum absolute atomic E-state index is 0.0302. The predicted molar refractivity (Wildman–Crippen MR) is 109 cm³/mol. The van der Waals surface area contributed by atoms with Crippen molar-refractivity contribution in [2.75, 3.05) is 37.6 Å². The molecule has 0 aliphatic carbocycles. The first kappa shape index (κ1) is 19.1. The number of urea groups is 1. The molecular formula is C22H31N3O3. The SMILES string of the molecule is Cc1ccc2c(c1)N(C(=O)N1CCC(C(=O)N3CCCCC3)CC1)CC(C)O2. The second kappa shape index (κ2) is 8.02. The van der Waals surface area contributed by atoms with Crippen LogP contribution >= 0.6 is 0 Å². The van der Waals surface area contributed by atoms with Crippen molar-refractivity contribution >= 4 is 17.6 Å². The van der Waals surface area contributed by atoms with Gasteiger partial charge in [-0.25, -0.2) is 4.79 Å². The Kier molecular flexibility index (Phi) is 5.47. The van der Waals surface area contributed by atoms with E-state index in [4.69, 9.17) is 4.74 Å². The molecule has 2 saturated heterocycles. The number of ether oxygens (including phenoxy) is 1. The number of aryl methyl sites for hydroxylation is 1. The van der Waals surface area contributed by atoms with Gasteiger partial charge in [0, 0.05) is 32.1 Å². The molecule has 1 aromatic rings. The summed E-state index contributed by atoms with van der Waals surface area (Å²) in [7, 11) is 0. The monoisotopic (exact) mass is 385 g/mol. The molecule has 0 N–H and O–H groups in total. The van der Waals surface area contributed by atoms with Crippen LogP contribution in [0.4, 0.5) is 10.5 Å². The molecule has 3 aliphatic heterocycles. The van der Waals surface area contributed by atoms with Gasteiger partial charge < -0.3 is 14.5 Å². The lowest BCUT2D eigenvalue weighted by molar-refractivity contribution is -0.137. The van der Waals surface area contributed by atoms with Crippen LogP contribution in [-0.2, 0) is 4.79 Å². The van der Waals surface area contributed by atoms with E-state index in [0.29, 0.717) is 25.5 Å². The maximum absolute atomic E-state index is 13.3. The highest BCUT2D eigenvalue weighted by Crippen LogP contribution is 2.35. The largest absolute Gasteiger partial charge is 0.487 e. The molecule has 28 heavy (non-hydrogen) atoms. The number of fused-ring (bicyclic) bond motifs is 1. The summed E-state index contributed by atoms with van der Waals surface area (Å²) in [4.78, 5) is 31.8. The first-order valence-electron chi connectivity index (χ1n) is 10.7. The Balaban J connectivity index is 1.40. The maximum atomic E-state index is 13.3. The number of likely N-dealkylation sites (tertiary alicyclic amines) is 2. The quantitative estimate of drug-likeness (QED) is 0.744. The highest BCUT2D eigenvalue weighted by Gasteiger charge is 2.35. The number of benzene rings is 1. The Morgan fingerprint density at radius 1 is 1.00 bits per heavy atom. The van der Waals surface area contributed by atoms with E-state index < -0.39 is 0 Å². The van der Waals surface area contributed by atoms with Gasteiger partial charge in [0.1, 0.15) is 11.9 Å². The zero-order chi connectivity index (χ0) is 19.7. The van der Waals surface area contributed by atoms with Crippen LogP contribution in [0.5, 0.6) is 5.75 Å². The van der Waals surface area contributed by atoms with E-state index in [1.54, 1.807) is 0 Å². The number of hydrogen-bond acceptors (Lipinski definition) is 3. The van der Waals surface area contributed by atoms with Crippen LogP contribution in [0.2, 0.25) is 0 Å². The molecule has 2 fully saturated rings. The van der Waals surface area contributed by atoms with Gasteiger partial charge in [0.25, 0.3) is 0 Å². The summed E-state index contributed by atoms with van der Waals surface area (Å²) in [6.45, 7) is 7.68. The summed E-state index contributed by atoms with van der Waals surface area (Å²) in [6.07, 6.45) is 4.98. The third-order valence-electron chi connectivity index (χ3n) is 6.19. The van der Waals surface area contributed by atoms with E-state index >= 15 is 0 Å². The van der Waals surface area contributed by atoms with E-state index in [0.717, 1.165) is 55.8 Å². The van der Waals surface area contributed by atoms with Gasteiger partial charge >= 0.3 is 6.03 Å². The normalized spacial score (nSPS) is 23.2. The van der Waals surface area contributed by atoms with Crippen LogP contribution in [0.15, 0.2) is 18.2 Å². The summed E-state index contributed by atoms with van der Waals surface area (Å²) in [6, 6.07) is 6.01. The first-order chi connectivity index (χ1) is 13.5. The molecule has 3 heterocycles. The second-order valence-corrected chi connectivity index (χ2v) is 8.44.